The molecule has 0 heterocycles. The van der Waals surface area contributed by atoms with Crippen molar-refractivity contribution >= 4 is 10.7 Å². The first-order valence-electron chi connectivity index (χ1n) is 1.61. The lowest BCUT2D eigenvalue weighted by Gasteiger charge is -1.60. The normalized spacial score (nSPS) is 9.62. The van der Waals surface area contributed by atoms with Gasteiger partial charge in [0.15, 0.2) is 10.7 Å². The van der Waals surface area contributed by atoms with Crippen molar-refractivity contribution in [3.63, 3.8) is 0 Å². The largest absolute Gasteiger partial charge is 0.227 e. The summed E-state index contributed by atoms with van der Waals surface area (Å²) < 4.78 is 19.3. The van der Waals surface area contributed by atoms with E-state index in [1.165, 1.54) is 0 Å². The zero-order chi connectivity index (χ0) is 6.41. The van der Waals surface area contributed by atoms with E-state index in [9.17, 15) is 8.42 Å². The predicted octanol–water partition coefficient (Wildman–Crippen LogP) is 0.379. The van der Waals surface area contributed by atoms with Gasteiger partial charge in [0.2, 0.25) is 0 Å². The molecule has 5 nitrogen and oxygen atoms in total. The maximum absolute atomic E-state index is 9.64. The number of nitrogens with zero attached hydrogens (tertiary/aromatic N) is 3. The van der Waals surface area contributed by atoms with E-state index in [1.54, 1.807) is 0 Å². The molecule has 0 rings (SSSR count). The Morgan fingerprint density at radius 2 is 2.25 bits per heavy atom. The highest BCUT2D eigenvalue weighted by Crippen LogP contribution is 1.73. The molecule has 0 N–H and O–H groups in total. The van der Waals surface area contributed by atoms with Gasteiger partial charge in [0.1, 0.15) is 0 Å². The second-order valence-electron chi connectivity index (χ2n) is 0.788. The highest BCUT2D eigenvalue weighted by Gasteiger charge is 1.65. The topological polar surface area (TPSA) is 82.9 Å². The predicted molar refractivity (Wildman–Crippen MR) is 28.6 cm³/mol. The van der Waals surface area contributed by atoms with E-state index in [0.29, 0.717) is 0 Å². The third-order valence-electron chi connectivity index (χ3n) is 0.307. The zero-order valence-corrected chi connectivity index (χ0v) is 4.65. The molecule has 0 bridgehead atoms. The first-order chi connectivity index (χ1) is 3.77. The summed E-state index contributed by atoms with van der Waals surface area (Å²) >= 11 is 0. The number of azide groups is 1. The van der Waals surface area contributed by atoms with Crippen molar-refractivity contribution in [3.8, 4) is 0 Å². The van der Waals surface area contributed by atoms with Gasteiger partial charge in [0.25, 0.3) is 0 Å². The quantitative estimate of drug-likeness (QED) is 0.255. The summed E-state index contributed by atoms with van der Waals surface area (Å²) in [4.78, 5) is 2.28. The maximum Gasteiger partial charge on any atom is 0.161 e. The molecular formula is C2H3N3O2S. The molecule has 0 aliphatic heterocycles. The Labute approximate surface area is 47.2 Å². The van der Waals surface area contributed by atoms with Crippen molar-refractivity contribution in [2.45, 2.75) is 0 Å². The monoisotopic (exact) mass is 133 g/mol. The van der Waals surface area contributed by atoms with Gasteiger partial charge in [-0.1, -0.05) is 5.11 Å². The Morgan fingerprint density at radius 3 is 2.62 bits per heavy atom. The first-order valence-corrected chi connectivity index (χ1v) is 2.86. The number of rotatable bonds is 2. The summed E-state index contributed by atoms with van der Waals surface area (Å²) in [6, 6.07) is 0. The van der Waals surface area contributed by atoms with E-state index in [2.05, 4.69) is 10.0 Å². The van der Waals surface area contributed by atoms with Crippen molar-refractivity contribution in [1.82, 2.24) is 0 Å². The fourth-order valence-electron chi connectivity index (χ4n) is 0.114. The van der Waals surface area contributed by atoms with E-state index in [0.717, 1.165) is 11.6 Å². The minimum absolute atomic E-state index is 0.787. The van der Waals surface area contributed by atoms with Gasteiger partial charge in [0.05, 0.1) is 0 Å². The lowest BCUT2D eigenvalue weighted by atomic mass is 11.1. The number of hydrogen-bond acceptors (Lipinski definition) is 3. The fraction of sp³-hybridized carbons (Fsp3) is 0. The van der Waals surface area contributed by atoms with E-state index in [4.69, 9.17) is 5.53 Å². The Balaban J connectivity index is 3.85. The van der Waals surface area contributed by atoms with Crippen LogP contribution in [0.2, 0.25) is 0 Å². The molecule has 0 fully saturated rings. The molecule has 0 saturated carbocycles. The SMILES string of the molecule is [N-]=[N+]=NC=C[SH](=O)=O. The lowest BCUT2D eigenvalue weighted by Crippen LogP contribution is -1.59. The standard InChI is InChI=1S/C2H3N3O2S/c3-5-4-1-2-8(6)7/h1-2,8H. The lowest BCUT2D eigenvalue weighted by molar-refractivity contribution is 0.622. The zero-order valence-electron chi connectivity index (χ0n) is 3.76. The van der Waals surface area contributed by atoms with Crippen LogP contribution in [0.4, 0.5) is 0 Å². The van der Waals surface area contributed by atoms with Gasteiger partial charge < -0.3 is 0 Å². The summed E-state index contributed by atoms with van der Waals surface area (Å²) in [6.07, 6.45) is 0.867. The van der Waals surface area contributed by atoms with Crippen molar-refractivity contribution in [1.29, 1.82) is 0 Å². The molecule has 6 heteroatoms. The van der Waals surface area contributed by atoms with Crippen LogP contribution in [0, 0.1) is 0 Å². The van der Waals surface area contributed by atoms with E-state index >= 15 is 0 Å². The highest BCUT2D eigenvalue weighted by molar-refractivity contribution is 7.75. The van der Waals surface area contributed by atoms with Crippen LogP contribution in [0.25, 0.3) is 10.4 Å². The van der Waals surface area contributed by atoms with Crippen molar-refractivity contribution in [3.05, 3.63) is 22.1 Å². The van der Waals surface area contributed by atoms with Crippen LogP contribution in [0.5, 0.6) is 0 Å². The molecule has 0 aromatic carbocycles. The molecule has 0 saturated heterocycles. The first kappa shape index (κ1) is 7.00. The summed E-state index contributed by atoms with van der Waals surface area (Å²) in [5, 5.41) is 3.61. The minimum atomic E-state index is -2.56. The van der Waals surface area contributed by atoms with Crippen molar-refractivity contribution in [2.75, 3.05) is 0 Å². The van der Waals surface area contributed by atoms with Gasteiger partial charge in [-0.3, -0.25) is 0 Å². The smallest absolute Gasteiger partial charge is 0.161 e. The van der Waals surface area contributed by atoms with Crippen LogP contribution in [-0.4, -0.2) is 8.42 Å². The van der Waals surface area contributed by atoms with Gasteiger partial charge in [-0.2, -0.15) is 0 Å². The van der Waals surface area contributed by atoms with Gasteiger partial charge in [-0.25, -0.2) is 8.42 Å². The molecule has 0 unspecified atom stereocenters. The third-order valence-corrected chi connectivity index (χ3v) is 0.683. The summed E-state index contributed by atoms with van der Waals surface area (Å²) in [6.45, 7) is 0. The van der Waals surface area contributed by atoms with Crippen LogP contribution < -0.4 is 0 Å². The second-order valence-corrected chi connectivity index (χ2v) is 1.66. The Morgan fingerprint density at radius 1 is 1.62 bits per heavy atom. The van der Waals surface area contributed by atoms with Crippen LogP contribution >= 0.6 is 0 Å². The molecule has 0 aliphatic carbocycles. The van der Waals surface area contributed by atoms with Crippen LogP contribution in [0.15, 0.2) is 16.7 Å². The van der Waals surface area contributed by atoms with Gasteiger partial charge in [-0.15, -0.1) is 0 Å². The Kier molecular flexibility index (Phi) is 3.65. The third kappa shape index (κ3) is 5.00. The van der Waals surface area contributed by atoms with Crippen molar-refractivity contribution < 1.29 is 8.42 Å². The van der Waals surface area contributed by atoms with Crippen LogP contribution in [0.1, 0.15) is 0 Å². The fourth-order valence-corrected chi connectivity index (χ4v) is 0.283. The molecule has 0 spiro atoms. The summed E-state index contributed by atoms with van der Waals surface area (Å²) in [5.41, 5.74) is 7.59. The van der Waals surface area contributed by atoms with E-state index in [1.807, 2.05) is 0 Å². The molecule has 0 radical (unpaired) electrons. The maximum atomic E-state index is 9.64. The Hall–Kier alpha value is -1.00. The van der Waals surface area contributed by atoms with E-state index < -0.39 is 10.7 Å². The molecule has 8 heavy (non-hydrogen) atoms. The molecule has 0 amide bonds. The van der Waals surface area contributed by atoms with Gasteiger partial charge >= 0.3 is 0 Å². The average molecular weight is 133 g/mol. The molecule has 0 aromatic rings. The molecule has 0 atom stereocenters. The van der Waals surface area contributed by atoms with Crippen molar-refractivity contribution in [2.24, 2.45) is 5.11 Å². The number of hydrogen-bond donors (Lipinski definition) is 1. The molecule has 0 aromatic heterocycles. The summed E-state index contributed by atoms with van der Waals surface area (Å²) in [7, 11) is -2.56. The molecule has 0 aliphatic rings. The molecule has 44 valence electrons. The van der Waals surface area contributed by atoms with E-state index in [-0.39, 0.29) is 0 Å². The summed E-state index contributed by atoms with van der Waals surface area (Å²) in [5.74, 6) is 0. The highest BCUT2D eigenvalue weighted by atomic mass is 32.2. The second kappa shape index (κ2) is 4.17. The Bertz CT molecular complexity index is 191. The van der Waals surface area contributed by atoms with Crippen LogP contribution in [-0.2, 0) is 10.7 Å². The number of thiol groups is 1. The van der Waals surface area contributed by atoms with Gasteiger partial charge in [-0.05, 0) is 5.53 Å². The molecular weight excluding hydrogens is 130 g/mol. The van der Waals surface area contributed by atoms with Crippen LogP contribution in [0.3, 0.4) is 0 Å². The minimum Gasteiger partial charge on any atom is -0.227 e. The average Bonchev–Trinajstić information content (AvgIpc) is 1.66. The van der Waals surface area contributed by atoms with Gasteiger partial charge in [0, 0.05) is 16.5 Å².